The van der Waals surface area contributed by atoms with Crippen molar-refractivity contribution >= 4 is 10.0 Å². The zero-order chi connectivity index (χ0) is 13.0. The van der Waals surface area contributed by atoms with Crippen LogP contribution in [0.4, 0.5) is 0 Å². The van der Waals surface area contributed by atoms with Gasteiger partial charge in [-0.25, -0.2) is 13.1 Å². The fraction of sp³-hybridized carbons (Fsp3) is 0.800. The minimum absolute atomic E-state index is 0.0786. The molecule has 2 rings (SSSR count). The van der Waals surface area contributed by atoms with Gasteiger partial charge in [0.25, 0.3) is 0 Å². The molecule has 18 heavy (non-hydrogen) atoms. The SMILES string of the molecule is Cc1nc(CCNS(=O)(=O)CC2CCCN2)no1. The van der Waals surface area contributed by atoms with Gasteiger partial charge in [0, 0.05) is 25.9 Å². The summed E-state index contributed by atoms with van der Waals surface area (Å²) in [5.41, 5.74) is 0. The maximum Gasteiger partial charge on any atom is 0.223 e. The third-order valence-corrected chi connectivity index (χ3v) is 4.31. The molecule has 1 unspecified atom stereocenters. The highest BCUT2D eigenvalue weighted by molar-refractivity contribution is 7.89. The summed E-state index contributed by atoms with van der Waals surface area (Å²) in [6, 6.07) is 0.0786. The molecular formula is C10H18N4O3S. The normalized spacial score (nSPS) is 20.4. The summed E-state index contributed by atoms with van der Waals surface area (Å²) in [5.74, 6) is 1.15. The van der Waals surface area contributed by atoms with Crippen molar-refractivity contribution in [2.45, 2.75) is 32.2 Å². The van der Waals surface area contributed by atoms with Crippen molar-refractivity contribution in [3.05, 3.63) is 11.7 Å². The van der Waals surface area contributed by atoms with Crippen LogP contribution in [0.1, 0.15) is 24.6 Å². The molecule has 2 N–H and O–H groups in total. The van der Waals surface area contributed by atoms with Crippen molar-refractivity contribution in [1.29, 1.82) is 0 Å². The van der Waals surface area contributed by atoms with Gasteiger partial charge in [-0.2, -0.15) is 4.98 Å². The van der Waals surface area contributed by atoms with Gasteiger partial charge in [-0.05, 0) is 19.4 Å². The van der Waals surface area contributed by atoms with Gasteiger partial charge >= 0.3 is 0 Å². The van der Waals surface area contributed by atoms with Crippen LogP contribution in [0.15, 0.2) is 4.52 Å². The Balaban J connectivity index is 1.74. The minimum Gasteiger partial charge on any atom is -0.340 e. The van der Waals surface area contributed by atoms with Crippen molar-refractivity contribution in [3.63, 3.8) is 0 Å². The molecule has 1 aromatic rings. The molecule has 102 valence electrons. The molecule has 1 atom stereocenters. The fourth-order valence-electron chi connectivity index (χ4n) is 1.98. The van der Waals surface area contributed by atoms with E-state index in [4.69, 9.17) is 4.52 Å². The zero-order valence-corrected chi connectivity index (χ0v) is 11.2. The van der Waals surface area contributed by atoms with Crippen LogP contribution in [0.5, 0.6) is 0 Å². The lowest BCUT2D eigenvalue weighted by Gasteiger charge is -2.11. The first-order valence-electron chi connectivity index (χ1n) is 6.05. The first-order chi connectivity index (χ1) is 8.55. The van der Waals surface area contributed by atoms with Crippen LogP contribution in [0, 0.1) is 6.92 Å². The molecule has 2 heterocycles. The molecule has 1 aromatic heterocycles. The van der Waals surface area contributed by atoms with Gasteiger partial charge in [0.2, 0.25) is 15.9 Å². The maximum atomic E-state index is 11.8. The number of aromatic nitrogens is 2. The van der Waals surface area contributed by atoms with Crippen molar-refractivity contribution in [1.82, 2.24) is 20.2 Å². The average Bonchev–Trinajstić information content (AvgIpc) is 2.89. The van der Waals surface area contributed by atoms with Gasteiger partial charge in [0.05, 0.1) is 5.75 Å². The van der Waals surface area contributed by atoms with E-state index in [1.165, 1.54) is 0 Å². The molecule has 0 radical (unpaired) electrons. The van der Waals surface area contributed by atoms with Crippen molar-refractivity contribution < 1.29 is 12.9 Å². The van der Waals surface area contributed by atoms with Gasteiger partial charge in [-0.1, -0.05) is 5.16 Å². The Morgan fingerprint density at radius 3 is 3.00 bits per heavy atom. The van der Waals surface area contributed by atoms with Crippen LogP contribution in [0.3, 0.4) is 0 Å². The Hall–Kier alpha value is -0.990. The molecular weight excluding hydrogens is 256 g/mol. The monoisotopic (exact) mass is 274 g/mol. The van der Waals surface area contributed by atoms with Crippen molar-refractivity contribution in [2.75, 3.05) is 18.8 Å². The van der Waals surface area contributed by atoms with E-state index in [2.05, 4.69) is 20.2 Å². The summed E-state index contributed by atoms with van der Waals surface area (Å²) in [7, 11) is -3.23. The van der Waals surface area contributed by atoms with E-state index in [9.17, 15) is 8.42 Å². The van der Waals surface area contributed by atoms with Crippen molar-refractivity contribution in [3.8, 4) is 0 Å². The number of rotatable bonds is 6. The highest BCUT2D eigenvalue weighted by Gasteiger charge is 2.21. The Bertz CT molecular complexity index is 479. The lowest BCUT2D eigenvalue weighted by atomic mass is 10.3. The second-order valence-electron chi connectivity index (χ2n) is 4.45. The molecule has 7 nitrogen and oxygen atoms in total. The Kier molecular flexibility index (Phi) is 4.31. The molecule has 0 aliphatic carbocycles. The molecule has 0 spiro atoms. The summed E-state index contributed by atoms with van der Waals surface area (Å²) >= 11 is 0. The smallest absolute Gasteiger partial charge is 0.223 e. The van der Waals surface area contributed by atoms with E-state index in [1.807, 2.05) is 0 Å². The average molecular weight is 274 g/mol. The Morgan fingerprint density at radius 1 is 1.56 bits per heavy atom. The number of hydrogen-bond donors (Lipinski definition) is 2. The molecule has 1 saturated heterocycles. The number of nitrogens with zero attached hydrogens (tertiary/aromatic N) is 2. The topological polar surface area (TPSA) is 97.1 Å². The Morgan fingerprint density at radius 2 is 2.39 bits per heavy atom. The first kappa shape index (κ1) is 13.4. The standard InChI is InChI=1S/C10H18N4O3S/c1-8-13-10(14-17-8)4-6-12-18(15,16)7-9-3-2-5-11-9/h9,11-12H,2-7H2,1H3. The number of sulfonamides is 1. The van der Waals surface area contributed by atoms with Crippen LogP contribution >= 0.6 is 0 Å². The van der Waals surface area contributed by atoms with Crippen molar-refractivity contribution in [2.24, 2.45) is 0 Å². The molecule has 1 aliphatic heterocycles. The zero-order valence-electron chi connectivity index (χ0n) is 10.3. The van der Waals surface area contributed by atoms with Crippen LogP contribution in [0.25, 0.3) is 0 Å². The van der Waals surface area contributed by atoms with E-state index < -0.39 is 10.0 Å². The molecule has 1 aliphatic rings. The highest BCUT2D eigenvalue weighted by atomic mass is 32.2. The highest BCUT2D eigenvalue weighted by Crippen LogP contribution is 2.06. The Labute approximate surface area is 106 Å². The molecule has 8 heteroatoms. The lowest BCUT2D eigenvalue weighted by molar-refractivity contribution is 0.387. The first-order valence-corrected chi connectivity index (χ1v) is 7.70. The second-order valence-corrected chi connectivity index (χ2v) is 6.30. The lowest BCUT2D eigenvalue weighted by Crippen LogP contribution is -2.37. The minimum atomic E-state index is -3.23. The summed E-state index contributed by atoms with van der Waals surface area (Å²) in [6.07, 6.45) is 2.40. The van der Waals surface area contributed by atoms with Gasteiger partial charge < -0.3 is 9.84 Å². The van der Waals surface area contributed by atoms with Gasteiger partial charge in [0.1, 0.15) is 0 Å². The molecule has 1 fully saturated rings. The summed E-state index contributed by atoms with van der Waals surface area (Å²) in [6.45, 7) is 2.91. The quantitative estimate of drug-likeness (QED) is 0.732. The summed E-state index contributed by atoms with van der Waals surface area (Å²) < 4.78 is 30.9. The number of nitrogens with one attached hydrogen (secondary N) is 2. The summed E-state index contributed by atoms with van der Waals surface area (Å²) in [5, 5.41) is 6.87. The predicted octanol–water partition coefficient (Wildman–Crippen LogP) is -0.408. The predicted molar refractivity (Wildman–Crippen MR) is 65.6 cm³/mol. The van der Waals surface area contributed by atoms with Gasteiger partial charge in [0.15, 0.2) is 5.82 Å². The third-order valence-electron chi connectivity index (χ3n) is 2.82. The molecule has 0 amide bonds. The van der Waals surface area contributed by atoms with Crippen LogP contribution in [-0.4, -0.2) is 43.4 Å². The molecule has 0 aromatic carbocycles. The van der Waals surface area contributed by atoms with E-state index >= 15 is 0 Å². The van der Waals surface area contributed by atoms with E-state index in [0.717, 1.165) is 19.4 Å². The van der Waals surface area contributed by atoms with Gasteiger partial charge in [-0.15, -0.1) is 0 Å². The van der Waals surface area contributed by atoms with Crippen LogP contribution in [-0.2, 0) is 16.4 Å². The number of hydrogen-bond acceptors (Lipinski definition) is 6. The molecule has 0 saturated carbocycles. The number of aryl methyl sites for hydroxylation is 1. The third kappa shape index (κ3) is 4.04. The largest absolute Gasteiger partial charge is 0.340 e. The van der Waals surface area contributed by atoms with Crippen LogP contribution < -0.4 is 10.0 Å². The van der Waals surface area contributed by atoms with E-state index in [0.29, 0.717) is 24.7 Å². The van der Waals surface area contributed by atoms with E-state index in [-0.39, 0.29) is 11.8 Å². The van der Waals surface area contributed by atoms with Gasteiger partial charge in [-0.3, -0.25) is 0 Å². The second kappa shape index (κ2) is 5.77. The molecule has 0 bridgehead atoms. The van der Waals surface area contributed by atoms with Crippen LogP contribution in [0.2, 0.25) is 0 Å². The fourth-order valence-corrected chi connectivity index (χ4v) is 3.33. The summed E-state index contributed by atoms with van der Waals surface area (Å²) in [4.78, 5) is 4.01. The maximum absolute atomic E-state index is 11.8. The van der Waals surface area contributed by atoms with E-state index in [1.54, 1.807) is 6.92 Å².